The van der Waals surface area contributed by atoms with Crippen molar-refractivity contribution in [1.29, 1.82) is 5.41 Å². The Hall–Kier alpha value is -2.01. The summed E-state index contributed by atoms with van der Waals surface area (Å²) in [6, 6.07) is 9.37. The van der Waals surface area contributed by atoms with Crippen molar-refractivity contribution in [3.05, 3.63) is 48.3 Å². The van der Waals surface area contributed by atoms with Gasteiger partial charge in [-0.25, -0.2) is 0 Å². The van der Waals surface area contributed by atoms with E-state index in [0.29, 0.717) is 17.1 Å². The second kappa shape index (κ2) is 5.55. The van der Waals surface area contributed by atoms with Gasteiger partial charge in [0.2, 0.25) is 0 Å². The van der Waals surface area contributed by atoms with Crippen molar-refractivity contribution in [2.24, 2.45) is 5.73 Å². The monoisotopic (exact) mass is 259 g/mol. The zero-order valence-corrected chi connectivity index (χ0v) is 10.7. The fraction of sp³-hybridized carbons (Fsp3) is 0.0769. The Morgan fingerprint density at radius 1 is 1.28 bits per heavy atom. The highest BCUT2D eigenvalue weighted by molar-refractivity contribution is 7.98. The first-order valence-corrected chi connectivity index (χ1v) is 6.53. The predicted octanol–water partition coefficient (Wildman–Crippen LogP) is 2.88. The number of rotatable bonds is 4. The Morgan fingerprint density at radius 2 is 2.00 bits per heavy atom. The Kier molecular flexibility index (Phi) is 3.84. The van der Waals surface area contributed by atoms with E-state index in [-0.39, 0.29) is 5.84 Å². The Morgan fingerprint density at radius 3 is 2.61 bits per heavy atom. The largest absolute Gasteiger partial charge is 0.455 e. The number of hydrogen-bond acceptors (Lipinski definition) is 4. The number of nitrogens with zero attached hydrogens (tertiary/aromatic N) is 1. The average Bonchev–Trinajstić information content (AvgIpc) is 2.40. The molecule has 5 heteroatoms. The van der Waals surface area contributed by atoms with E-state index >= 15 is 0 Å². The van der Waals surface area contributed by atoms with Crippen molar-refractivity contribution >= 4 is 17.6 Å². The zero-order chi connectivity index (χ0) is 13.0. The number of nitrogens with one attached hydrogen (secondary N) is 1. The van der Waals surface area contributed by atoms with Crippen molar-refractivity contribution in [3.8, 4) is 11.5 Å². The van der Waals surface area contributed by atoms with Gasteiger partial charge in [-0.3, -0.25) is 10.4 Å². The van der Waals surface area contributed by atoms with Gasteiger partial charge in [-0.15, -0.1) is 11.8 Å². The number of aromatic nitrogens is 1. The molecule has 0 unspecified atom stereocenters. The van der Waals surface area contributed by atoms with E-state index in [1.807, 2.05) is 30.5 Å². The molecule has 1 heterocycles. The first-order chi connectivity index (χ1) is 8.70. The van der Waals surface area contributed by atoms with Gasteiger partial charge in [0, 0.05) is 11.1 Å². The molecular formula is C13H13N3OS. The van der Waals surface area contributed by atoms with Crippen LogP contribution in [-0.4, -0.2) is 17.1 Å². The molecular weight excluding hydrogens is 246 g/mol. The van der Waals surface area contributed by atoms with E-state index in [2.05, 4.69) is 4.98 Å². The van der Waals surface area contributed by atoms with Crippen LogP contribution in [0.1, 0.15) is 5.56 Å². The zero-order valence-electron chi connectivity index (χ0n) is 9.88. The molecule has 0 saturated heterocycles. The first-order valence-electron chi connectivity index (χ1n) is 5.31. The van der Waals surface area contributed by atoms with Gasteiger partial charge in [0.25, 0.3) is 0 Å². The predicted molar refractivity (Wildman–Crippen MR) is 73.6 cm³/mol. The third-order valence-corrected chi connectivity index (χ3v) is 3.11. The molecule has 92 valence electrons. The van der Waals surface area contributed by atoms with Crippen LogP contribution in [-0.2, 0) is 0 Å². The first kappa shape index (κ1) is 12.4. The third kappa shape index (κ3) is 2.81. The van der Waals surface area contributed by atoms with Crippen LogP contribution in [0.3, 0.4) is 0 Å². The normalized spacial score (nSPS) is 10.1. The van der Waals surface area contributed by atoms with E-state index in [9.17, 15) is 0 Å². The second-order valence-corrected chi connectivity index (χ2v) is 4.44. The number of benzene rings is 1. The molecule has 4 nitrogen and oxygen atoms in total. The SMILES string of the molecule is CSc1ccc(Oc2cnccc2C(=N)N)cc1. The molecule has 0 aliphatic rings. The maximum Gasteiger partial charge on any atom is 0.156 e. The van der Waals surface area contributed by atoms with Crippen molar-refractivity contribution in [3.63, 3.8) is 0 Å². The van der Waals surface area contributed by atoms with Gasteiger partial charge in [0.15, 0.2) is 5.75 Å². The summed E-state index contributed by atoms with van der Waals surface area (Å²) in [7, 11) is 0. The third-order valence-electron chi connectivity index (χ3n) is 2.36. The molecule has 0 aliphatic heterocycles. The number of amidine groups is 1. The lowest BCUT2D eigenvalue weighted by molar-refractivity contribution is 0.478. The maximum absolute atomic E-state index is 7.47. The van der Waals surface area contributed by atoms with E-state index in [1.54, 1.807) is 30.2 Å². The standard InChI is InChI=1S/C13H13N3OS/c1-18-10-4-2-9(3-5-10)17-12-8-16-7-6-11(12)13(14)15/h2-8H,1H3,(H3,14,15). The minimum absolute atomic E-state index is 0.0341. The minimum Gasteiger partial charge on any atom is -0.455 e. The molecule has 0 atom stereocenters. The number of nitrogen functional groups attached to an aromatic ring is 1. The number of pyridine rings is 1. The van der Waals surface area contributed by atoms with Crippen LogP contribution in [0.15, 0.2) is 47.6 Å². The number of hydrogen-bond donors (Lipinski definition) is 2. The lowest BCUT2D eigenvalue weighted by Gasteiger charge is -2.09. The van der Waals surface area contributed by atoms with Crippen LogP contribution in [0.2, 0.25) is 0 Å². The van der Waals surface area contributed by atoms with Crippen molar-refractivity contribution in [2.45, 2.75) is 4.90 Å². The van der Waals surface area contributed by atoms with E-state index in [4.69, 9.17) is 15.9 Å². The average molecular weight is 259 g/mol. The molecule has 0 spiro atoms. The molecule has 0 aliphatic carbocycles. The van der Waals surface area contributed by atoms with Gasteiger partial charge in [-0.1, -0.05) is 0 Å². The molecule has 18 heavy (non-hydrogen) atoms. The summed E-state index contributed by atoms with van der Waals surface area (Å²) in [5.41, 5.74) is 6.03. The summed E-state index contributed by atoms with van der Waals surface area (Å²) in [6.07, 6.45) is 5.16. The molecule has 3 N–H and O–H groups in total. The summed E-state index contributed by atoms with van der Waals surface area (Å²) in [4.78, 5) is 5.14. The molecule has 0 saturated carbocycles. The van der Waals surface area contributed by atoms with Crippen LogP contribution in [0.4, 0.5) is 0 Å². The summed E-state index contributed by atoms with van der Waals surface area (Å²) in [5.74, 6) is 1.15. The quantitative estimate of drug-likeness (QED) is 0.503. The highest BCUT2D eigenvalue weighted by Gasteiger charge is 2.07. The fourth-order valence-electron chi connectivity index (χ4n) is 1.45. The molecule has 0 bridgehead atoms. The summed E-state index contributed by atoms with van der Waals surface area (Å²) >= 11 is 1.67. The van der Waals surface area contributed by atoms with Crippen molar-refractivity contribution in [2.75, 3.05) is 6.26 Å². The van der Waals surface area contributed by atoms with E-state index in [1.165, 1.54) is 4.90 Å². The highest BCUT2D eigenvalue weighted by Crippen LogP contribution is 2.26. The smallest absolute Gasteiger partial charge is 0.156 e. The lowest BCUT2D eigenvalue weighted by atomic mass is 10.2. The van der Waals surface area contributed by atoms with Gasteiger partial charge in [0.05, 0.1) is 11.8 Å². The minimum atomic E-state index is -0.0341. The van der Waals surface area contributed by atoms with Crippen molar-refractivity contribution < 1.29 is 4.74 Å². The Balaban J connectivity index is 2.25. The van der Waals surface area contributed by atoms with Crippen LogP contribution in [0, 0.1) is 5.41 Å². The molecule has 1 aromatic heterocycles. The van der Waals surface area contributed by atoms with Gasteiger partial charge < -0.3 is 10.5 Å². The molecule has 0 fully saturated rings. The van der Waals surface area contributed by atoms with Crippen molar-refractivity contribution in [1.82, 2.24) is 4.98 Å². The number of ether oxygens (including phenoxy) is 1. The highest BCUT2D eigenvalue weighted by atomic mass is 32.2. The Labute approximate surface area is 110 Å². The summed E-state index contributed by atoms with van der Waals surface area (Å²) < 4.78 is 5.68. The Bertz CT molecular complexity index is 554. The number of nitrogens with two attached hydrogens (primary N) is 1. The molecule has 0 radical (unpaired) electrons. The topological polar surface area (TPSA) is 72.0 Å². The second-order valence-electron chi connectivity index (χ2n) is 3.56. The van der Waals surface area contributed by atoms with Gasteiger partial charge in [-0.05, 0) is 36.6 Å². The van der Waals surface area contributed by atoms with E-state index in [0.717, 1.165) is 0 Å². The number of thioether (sulfide) groups is 1. The van der Waals surface area contributed by atoms with Crippen LogP contribution >= 0.6 is 11.8 Å². The summed E-state index contributed by atoms with van der Waals surface area (Å²) in [6.45, 7) is 0. The van der Waals surface area contributed by atoms with Gasteiger partial charge >= 0.3 is 0 Å². The molecule has 2 rings (SSSR count). The van der Waals surface area contributed by atoms with Crippen LogP contribution in [0.25, 0.3) is 0 Å². The summed E-state index contributed by atoms with van der Waals surface area (Å²) in [5, 5.41) is 7.47. The molecule has 2 aromatic rings. The fourth-order valence-corrected chi connectivity index (χ4v) is 1.86. The van der Waals surface area contributed by atoms with Crippen LogP contribution in [0.5, 0.6) is 11.5 Å². The van der Waals surface area contributed by atoms with E-state index < -0.39 is 0 Å². The van der Waals surface area contributed by atoms with Crippen LogP contribution < -0.4 is 10.5 Å². The molecule has 1 aromatic carbocycles. The maximum atomic E-state index is 7.47. The molecule has 0 amide bonds. The lowest BCUT2D eigenvalue weighted by Crippen LogP contribution is -2.12. The van der Waals surface area contributed by atoms with Gasteiger partial charge in [-0.2, -0.15) is 0 Å². The van der Waals surface area contributed by atoms with Gasteiger partial charge in [0.1, 0.15) is 11.6 Å².